The third-order valence-corrected chi connectivity index (χ3v) is 16.7. The molecule has 0 saturated carbocycles. The lowest BCUT2D eigenvalue weighted by Gasteiger charge is -2.34. The average Bonchev–Trinajstić information content (AvgIpc) is 0.748. The van der Waals surface area contributed by atoms with Crippen molar-refractivity contribution in [2.45, 2.75) is 157 Å². The Bertz CT molecular complexity index is 3640. The molecule has 1 saturated heterocycles. The zero-order valence-electron chi connectivity index (χ0n) is 58.7. The zero-order chi connectivity index (χ0) is 81.0. The van der Waals surface area contributed by atoms with Crippen LogP contribution in [0.4, 0.5) is 11.5 Å². The number of amides is 15. The molecule has 10 atom stereocenters. The predicted molar refractivity (Wildman–Crippen MR) is 368 cm³/mol. The Balaban J connectivity index is 1.45. The van der Waals surface area contributed by atoms with Gasteiger partial charge in [-0.05, 0) is 95.7 Å². The number of aliphatic carboxylic acids is 2. The highest BCUT2D eigenvalue weighted by atomic mass is 16.5. The number of nitrogens with one attached hydrogen (secondary N) is 14. The van der Waals surface area contributed by atoms with E-state index in [1.54, 1.807) is 0 Å². The van der Waals surface area contributed by atoms with Crippen molar-refractivity contribution in [2.75, 3.05) is 82.9 Å². The molecule has 10 unspecified atom stereocenters. The van der Waals surface area contributed by atoms with Gasteiger partial charge < -0.3 is 120 Å². The third-order valence-electron chi connectivity index (χ3n) is 16.7. The summed E-state index contributed by atoms with van der Waals surface area (Å²) >= 11 is 0. The summed E-state index contributed by atoms with van der Waals surface area (Å²) in [6.45, 7) is -7.17. The minimum absolute atomic E-state index is 0.0114. The summed E-state index contributed by atoms with van der Waals surface area (Å²) in [5.74, 6) is -19.3. The minimum atomic E-state index is -1.99. The Kier molecular flexibility index (Phi) is 37.7. The van der Waals surface area contributed by atoms with Crippen LogP contribution in [-0.2, 0) is 86.3 Å². The molecule has 1 aliphatic carbocycles. The number of rotatable bonds is 42. The van der Waals surface area contributed by atoms with E-state index in [0.717, 1.165) is 12.1 Å². The van der Waals surface area contributed by atoms with Gasteiger partial charge in [0, 0.05) is 57.1 Å². The summed E-state index contributed by atoms with van der Waals surface area (Å²) in [6.07, 6.45) is -3.48. The summed E-state index contributed by atoms with van der Waals surface area (Å²) in [5.41, 5.74) is 4.89. The van der Waals surface area contributed by atoms with E-state index in [-0.39, 0.29) is 130 Å². The number of carbonyl (C=O) groups is 18. The van der Waals surface area contributed by atoms with Gasteiger partial charge in [0.2, 0.25) is 101 Å². The van der Waals surface area contributed by atoms with E-state index in [4.69, 9.17) is 10.8 Å². The first kappa shape index (κ1) is 89.8. The SMILES string of the molecule is NCCCCC(NC(=O)C(CO)NC(=O)C1CCNc2c(NC(=O)CCC(=O)C(=O)O)cc3cc(O)c(=O)cc-3n21)C(=O)NCC(=O)NC(CCCN(O)C=O)C(=O)NC(CO)C(=O)NC(CO)C(=O)NCC(=O)NC1CCCCNC(=O)C(CO)NC(=O)C(CCC(=O)O)NC(=O)C(CCCN(O)C=O)NC1=O. The summed E-state index contributed by atoms with van der Waals surface area (Å²) in [6, 6.07) is -13.4. The van der Waals surface area contributed by atoms with Gasteiger partial charge in [-0.25, -0.2) is 14.9 Å². The summed E-state index contributed by atoms with van der Waals surface area (Å²) in [5, 5.41) is 122. The van der Waals surface area contributed by atoms with Crippen LogP contribution in [0.15, 0.2) is 23.0 Å². The van der Waals surface area contributed by atoms with Gasteiger partial charge in [-0.3, -0.25) is 96.7 Å². The summed E-state index contributed by atoms with van der Waals surface area (Å²) in [4.78, 5) is 246. The Labute approximate surface area is 618 Å². The van der Waals surface area contributed by atoms with E-state index < -0.39 is 244 Å². The van der Waals surface area contributed by atoms with Crippen molar-refractivity contribution in [3.05, 3.63) is 28.4 Å². The fraction of sp³-hybridized carbons (Fsp3) is 0.571. The molecule has 1 fully saturated rings. The lowest BCUT2D eigenvalue weighted by Crippen LogP contribution is -2.60. The number of carboxylic acids is 2. The van der Waals surface area contributed by atoms with Gasteiger partial charge in [-0.2, -0.15) is 0 Å². The highest BCUT2D eigenvalue weighted by Crippen LogP contribution is 2.40. The number of fused-ring (bicyclic) bond motifs is 3. The first-order valence-corrected chi connectivity index (χ1v) is 34.3. The molecular formula is C63H92N18O28. The number of aromatic hydroxyl groups is 1. The van der Waals surface area contributed by atoms with Gasteiger partial charge in [0.1, 0.15) is 66.2 Å². The Morgan fingerprint density at radius 2 is 1.12 bits per heavy atom. The number of hydrogen-bond donors (Lipinski definition) is 24. The molecule has 4 aliphatic rings. The maximum atomic E-state index is 14.2. The van der Waals surface area contributed by atoms with Gasteiger partial charge in [0.25, 0.3) is 0 Å². The molecule has 602 valence electrons. The Morgan fingerprint density at radius 1 is 0.569 bits per heavy atom. The number of nitrogens with two attached hydrogens (primary N) is 1. The molecule has 0 radical (unpaired) electrons. The second-order valence-electron chi connectivity index (χ2n) is 24.8. The Hall–Kier alpha value is -11.6. The second kappa shape index (κ2) is 45.8. The molecule has 15 amide bonds. The van der Waals surface area contributed by atoms with Crippen molar-refractivity contribution in [3.63, 3.8) is 0 Å². The van der Waals surface area contributed by atoms with Crippen molar-refractivity contribution in [3.8, 4) is 17.0 Å². The lowest BCUT2D eigenvalue weighted by atomic mass is 10.0. The molecule has 46 nitrogen and oxygen atoms in total. The predicted octanol–water partition coefficient (Wildman–Crippen LogP) is -10.5. The number of hydrogen-bond acceptors (Lipinski definition) is 28. The molecule has 0 aromatic rings. The second-order valence-corrected chi connectivity index (χ2v) is 24.8. The van der Waals surface area contributed by atoms with E-state index in [2.05, 4.69) is 74.4 Å². The van der Waals surface area contributed by atoms with Gasteiger partial charge in [-0.15, -0.1) is 0 Å². The fourth-order valence-corrected chi connectivity index (χ4v) is 10.9. The van der Waals surface area contributed by atoms with E-state index in [1.165, 1.54) is 10.6 Å². The normalized spacial score (nSPS) is 18.1. The number of hydroxylamine groups is 4. The first-order valence-electron chi connectivity index (χ1n) is 34.3. The van der Waals surface area contributed by atoms with Crippen LogP contribution < -0.4 is 85.6 Å². The number of phenolic OH excluding ortho intramolecular Hbond substituents is 1. The number of aliphatic hydroxyl groups is 4. The molecule has 0 aromatic heterocycles. The molecule has 0 spiro atoms. The largest absolute Gasteiger partial charge is 0.504 e. The molecular weight excluding hydrogens is 1460 g/mol. The Morgan fingerprint density at radius 3 is 1.72 bits per heavy atom. The number of anilines is 2. The van der Waals surface area contributed by atoms with Crippen molar-refractivity contribution < 1.29 is 132 Å². The van der Waals surface area contributed by atoms with E-state index in [9.17, 15) is 132 Å². The van der Waals surface area contributed by atoms with Crippen LogP contribution >= 0.6 is 0 Å². The zero-order valence-corrected chi connectivity index (χ0v) is 58.7. The molecule has 0 bridgehead atoms. The van der Waals surface area contributed by atoms with Crippen LogP contribution in [0.1, 0.15) is 102 Å². The van der Waals surface area contributed by atoms with Gasteiger partial charge in [0.15, 0.2) is 5.75 Å². The van der Waals surface area contributed by atoms with Crippen molar-refractivity contribution in [1.29, 1.82) is 0 Å². The number of Topliss-reactive ketones (excluding diaryl/α,β-unsaturated/α-hetero) is 1. The number of aromatic nitrogens is 1. The highest BCUT2D eigenvalue weighted by Gasteiger charge is 2.38. The maximum Gasteiger partial charge on any atom is 0.372 e. The van der Waals surface area contributed by atoms with Gasteiger partial charge >= 0.3 is 11.9 Å². The van der Waals surface area contributed by atoms with Crippen molar-refractivity contribution in [1.82, 2.24) is 78.5 Å². The number of benzene rings is 1. The quantitative estimate of drug-likeness (QED) is 0.00965. The fourth-order valence-electron chi connectivity index (χ4n) is 10.9. The van der Waals surface area contributed by atoms with Crippen LogP contribution in [0.3, 0.4) is 0 Å². The molecule has 0 aromatic carbocycles. The van der Waals surface area contributed by atoms with E-state index in [1.807, 2.05) is 0 Å². The highest BCUT2D eigenvalue weighted by molar-refractivity contribution is 6.33. The number of pyridine rings is 1. The topological polar surface area (TPSA) is 712 Å². The molecule has 4 rings (SSSR count). The maximum absolute atomic E-state index is 14.2. The van der Waals surface area contributed by atoms with E-state index >= 15 is 0 Å². The van der Waals surface area contributed by atoms with Crippen LogP contribution in [-0.4, -0.2) is 295 Å². The smallest absolute Gasteiger partial charge is 0.372 e. The number of carboxylic acid groups (broad SMARTS) is 2. The molecule has 3 aliphatic heterocycles. The monoisotopic (exact) mass is 1550 g/mol. The summed E-state index contributed by atoms with van der Waals surface area (Å²) < 4.78 is 1.27. The van der Waals surface area contributed by atoms with Crippen LogP contribution in [0.2, 0.25) is 0 Å². The lowest BCUT2D eigenvalue weighted by molar-refractivity contribution is -0.150. The number of ketones is 1. The molecule has 25 N–H and O–H groups in total. The van der Waals surface area contributed by atoms with Crippen molar-refractivity contribution >= 4 is 119 Å². The van der Waals surface area contributed by atoms with Crippen LogP contribution in [0.5, 0.6) is 5.75 Å². The number of phenols is 1. The third kappa shape index (κ3) is 29.2. The molecule has 109 heavy (non-hydrogen) atoms. The molecule has 3 heterocycles. The number of nitrogens with zero attached hydrogens (tertiary/aromatic N) is 3. The number of unbranched alkanes of at least 4 members (excludes halogenated alkanes) is 1. The van der Waals surface area contributed by atoms with Gasteiger partial charge in [0.05, 0.1) is 50.9 Å². The first-order chi connectivity index (χ1) is 51.8. The average molecular weight is 1550 g/mol. The minimum Gasteiger partial charge on any atom is -0.504 e. The number of carbonyl (C=O) groups excluding carboxylic acids is 16. The molecule has 46 heteroatoms. The van der Waals surface area contributed by atoms with Gasteiger partial charge in [-0.1, -0.05) is 0 Å². The van der Waals surface area contributed by atoms with E-state index in [0.29, 0.717) is 6.42 Å². The standard InChI is InChI=1S/C63H92N18O28/c64-16-3-1-7-33(72-60(103)42(29-85)78-62(105)43-15-18-65-52-38(71-48(91)13-12-45(88)63(106)107)21-32-22-46(89)47(90)23-44(32)81(43)52)53(96)67-24-49(92)70-35(9-5-19-79(108)30-86)57(100)77-41(28-84)61(104)76-40(27-83)55(98)68-25-50(93)69-34-8-2-4-17-66-54(97)39(26-82)75-59(102)37(11-14-51(94)95)74-58(101)36(73-56(34)99)10-6-20-80(109)31-87/h21-23,30-31,33-37,39-43,65,82-85,89,108-109H,1-20,24-29,64H2,(H,66,97)(H,67,96)(H,68,98)(H,69,93)(H,70,92)(H,71,91)(H,72,103)(H,73,99)(H,74,101)(H,75,102)(H,76,104)(H,77,100)(H,78,105)(H,94,95)(H,106,107). The number of aliphatic hydroxyl groups excluding tert-OH is 4. The van der Waals surface area contributed by atoms with Crippen LogP contribution in [0, 0.1) is 0 Å². The van der Waals surface area contributed by atoms with Crippen molar-refractivity contribution in [2.24, 2.45) is 5.73 Å². The summed E-state index contributed by atoms with van der Waals surface area (Å²) in [7, 11) is 0. The van der Waals surface area contributed by atoms with Crippen LogP contribution in [0.25, 0.3) is 11.3 Å².